The van der Waals surface area contributed by atoms with Crippen LogP contribution in [0, 0.1) is 0 Å². The second-order valence-electron chi connectivity index (χ2n) is 1.56. The largest absolute Gasteiger partial charge is 0.359 e. The van der Waals surface area contributed by atoms with Crippen molar-refractivity contribution in [3.05, 3.63) is 0 Å². The van der Waals surface area contributed by atoms with Gasteiger partial charge in [0.1, 0.15) is 6.23 Å². The summed E-state index contributed by atoms with van der Waals surface area (Å²) >= 11 is 0. The molecule has 0 amide bonds. The average Bonchev–Trinajstić information content (AvgIpc) is 1.69. The molecule has 0 spiro atoms. The Kier molecular flexibility index (Phi) is 1.62. The molecular weight excluding hydrogens is 92.1 g/mol. The predicted octanol–water partition coefficient (Wildman–Crippen LogP) is -0.785. The predicted molar refractivity (Wildman–Crippen MR) is 25.7 cm³/mol. The fourth-order valence-corrected chi connectivity index (χ4v) is 0.565. The quantitative estimate of drug-likeness (QED) is 0.435. The van der Waals surface area contributed by atoms with Crippen molar-refractivity contribution in [1.29, 1.82) is 0 Å². The van der Waals surface area contributed by atoms with E-state index < -0.39 is 0 Å². The summed E-state index contributed by atoms with van der Waals surface area (Å²) in [6.45, 7) is 2.27. The first kappa shape index (κ1) is 5.03. The van der Waals surface area contributed by atoms with Crippen LogP contribution in [0.5, 0.6) is 0 Å². The minimum atomic E-state index is -0.325. The van der Waals surface area contributed by atoms with Crippen molar-refractivity contribution in [2.24, 2.45) is 0 Å². The van der Waals surface area contributed by atoms with Gasteiger partial charge < -0.3 is 10.1 Å². The Bertz CT molecular complexity index is 51.7. The molecule has 2 N–H and O–H groups in total. The number of rotatable bonds is 0. The van der Waals surface area contributed by atoms with Crippen LogP contribution < -0.4 is 11.1 Å². The van der Waals surface area contributed by atoms with E-state index in [1.165, 1.54) is 0 Å². The Labute approximate surface area is 42.8 Å². The average molecular weight is 101 g/mol. The summed E-state index contributed by atoms with van der Waals surface area (Å²) in [5, 5.41) is 3.02. The lowest BCUT2D eigenvalue weighted by molar-refractivity contribution is 0.0282. The molecule has 0 aliphatic carbocycles. The van der Waals surface area contributed by atoms with E-state index in [9.17, 15) is 0 Å². The molecule has 1 heterocycles. The molecule has 1 saturated heterocycles. The van der Waals surface area contributed by atoms with E-state index >= 15 is 0 Å². The first-order valence-corrected chi connectivity index (χ1v) is 2.43. The maximum Gasteiger partial charge on any atom is 0.133 e. The molecular formula is C4H9N2O. The molecule has 1 unspecified atom stereocenters. The summed E-state index contributed by atoms with van der Waals surface area (Å²) in [6.07, 6.45) is -0.325. The van der Waals surface area contributed by atoms with Crippen LogP contribution in [-0.2, 0) is 4.74 Å². The summed E-state index contributed by atoms with van der Waals surface area (Å²) in [7, 11) is 0. The van der Waals surface area contributed by atoms with Gasteiger partial charge in [0, 0.05) is 13.1 Å². The van der Waals surface area contributed by atoms with Crippen molar-refractivity contribution < 1.29 is 4.74 Å². The van der Waals surface area contributed by atoms with Crippen LogP contribution in [0.2, 0.25) is 0 Å². The third-order valence-corrected chi connectivity index (χ3v) is 0.928. The highest BCUT2D eigenvalue weighted by molar-refractivity contribution is 4.57. The Balaban J connectivity index is 2.12. The van der Waals surface area contributed by atoms with Gasteiger partial charge in [-0.25, -0.2) is 5.73 Å². The highest BCUT2D eigenvalue weighted by Crippen LogP contribution is 1.86. The molecule has 3 nitrogen and oxygen atoms in total. The van der Waals surface area contributed by atoms with Gasteiger partial charge in [-0.1, -0.05) is 0 Å². The van der Waals surface area contributed by atoms with E-state index in [-0.39, 0.29) is 6.23 Å². The number of nitrogens with one attached hydrogen (secondary N) is 2. The van der Waals surface area contributed by atoms with Crippen molar-refractivity contribution >= 4 is 0 Å². The van der Waals surface area contributed by atoms with Gasteiger partial charge in [0.15, 0.2) is 0 Å². The molecule has 1 aliphatic rings. The van der Waals surface area contributed by atoms with Crippen molar-refractivity contribution in [3.8, 4) is 0 Å². The molecule has 0 bridgehead atoms. The lowest BCUT2D eigenvalue weighted by atomic mass is 10.5. The van der Waals surface area contributed by atoms with Crippen LogP contribution in [0.3, 0.4) is 0 Å². The van der Waals surface area contributed by atoms with Crippen molar-refractivity contribution in [2.45, 2.75) is 6.23 Å². The smallest absolute Gasteiger partial charge is 0.133 e. The van der Waals surface area contributed by atoms with Gasteiger partial charge >= 0.3 is 0 Å². The van der Waals surface area contributed by atoms with Crippen LogP contribution in [0.1, 0.15) is 0 Å². The summed E-state index contributed by atoms with van der Waals surface area (Å²) in [5.41, 5.74) is 6.99. The molecule has 7 heavy (non-hydrogen) atoms. The third kappa shape index (κ3) is 1.43. The monoisotopic (exact) mass is 101 g/mol. The summed E-state index contributed by atoms with van der Waals surface area (Å²) in [6, 6.07) is 0. The Morgan fingerprint density at radius 3 is 2.86 bits per heavy atom. The molecule has 1 atom stereocenters. The van der Waals surface area contributed by atoms with E-state index in [1.807, 2.05) is 0 Å². The lowest BCUT2D eigenvalue weighted by Gasteiger charge is -2.17. The van der Waals surface area contributed by atoms with Gasteiger partial charge in [-0.05, 0) is 0 Å². The summed E-state index contributed by atoms with van der Waals surface area (Å²) in [4.78, 5) is 0. The molecule has 0 aromatic rings. The maximum absolute atomic E-state index is 6.99. The summed E-state index contributed by atoms with van der Waals surface area (Å²) < 4.78 is 4.88. The molecule has 0 aromatic heterocycles. The molecule has 1 rings (SSSR count). The zero-order chi connectivity index (χ0) is 5.11. The molecule has 3 heteroatoms. The van der Waals surface area contributed by atoms with Gasteiger partial charge in [0.05, 0.1) is 6.61 Å². The van der Waals surface area contributed by atoms with Crippen LogP contribution in [0.15, 0.2) is 0 Å². The first-order valence-electron chi connectivity index (χ1n) is 2.43. The Morgan fingerprint density at radius 2 is 2.57 bits per heavy atom. The first-order chi connectivity index (χ1) is 3.39. The van der Waals surface area contributed by atoms with E-state index in [0.717, 1.165) is 6.54 Å². The van der Waals surface area contributed by atoms with Gasteiger partial charge in [0.25, 0.3) is 0 Å². The van der Waals surface area contributed by atoms with Crippen LogP contribution in [0.25, 0.3) is 0 Å². The van der Waals surface area contributed by atoms with E-state index in [4.69, 9.17) is 10.5 Å². The molecule has 41 valence electrons. The van der Waals surface area contributed by atoms with E-state index in [2.05, 4.69) is 5.32 Å². The summed E-state index contributed by atoms with van der Waals surface area (Å²) in [5.74, 6) is 0. The Morgan fingerprint density at radius 1 is 1.71 bits per heavy atom. The lowest BCUT2D eigenvalue weighted by Crippen LogP contribution is -2.39. The van der Waals surface area contributed by atoms with E-state index in [1.54, 1.807) is 0 Å². The van der Waals surface area contributed by atoms with Crippen molar-refractivity contribution in [2.75, 3.05) is 19.7 Å². The van der Waals surface area contributed by atoms with Crippen molar-refractivity contribution in [1.82, 2.24) is 11.1 Å². The van der Waals surface area contributed by atoms with E-state index in [0.29, 0.717) is 13.2 Å². The third-order valence-electron chi connectivity index (χ3n) is 0.928. The standard InChI is InChI=1S/C4H9N2O/c5-4-3-6-1-2-7-4/h4-6H,1-3H2. The van der Waals surface area contributed by atoms with Gasteiger partial charge in [0.2, 0.25) is 0 Å². The topological polar surface area (TPSA) is 45.1 Å². The normalized spacial score (nSPS) is 33.0. The molecule has 1 fully saturated rings. The minimum absolute atomic E-state index is 0.325. The molecule has 1 aliphatic heterocycles. The number of morpholine rings is 1. The van der Waals surface area contributed by atoms with Gasteiger partial charge in [-0.2, -0.15) is 0 Å². The highest BCUT2D eigenvalue weighted by Gasteiger charge is 2.05. The number of hydrogen-bond acceptors (Lipinski definition) is 2. The minimum Gasteiger partial charge on any atom is -0.359 e. The van der Waals surface area contributed by atoms with Crippen LogP contribution in [-0.4, -0.2) is 25.9 Å². The zero-order valence-electron chi connectivity index (χ0n) is 4.11. The molecule has 1 radical (unpaired) electrons. The zero-order valence-corrected chi connectivity index (χ0v) is 4.11. The second-order valence-corrected chi connectivity index (χ2v) is 1.56. The number of hydrogen-bond donors (Lipinski definition) is 1. The molecule has 0 aromatic carbocycles. The SMILES string of the molecule is [NH]C1CNCCO1. The maximum atomic E-state index is 6.99. The van der Waals surface area contributed by atoms with Crippen LogP contribution in [0.4, 0.5) is 0 Å². The fourth-order valence-electron chi connectivity index (χ4n) is 0.565. The van der Waals surface area contributed by atoms with Gasteiger partial charge in [-0.15, -0.1) is 0 Å². The second kappa shape index (κ2) is 2.26. The van der Waals surface area contributed by atoms with Crippen LogP contribution >= 0.6 is 0 Å². The fraction of sp³-hybridized carbons (Fsp3) is 1.00. The Hall–Kier alpha value is -0.120. The molecule has 0 saturated carbocycles. The van der Waals surface area contributed by atoms with Crippen molar-refractivity contribution in [3.63, 3.8) is 0 Å². The number of ether oxygens (including phenoxy) is 1. The van der Waals surface area contributed by atoms with Gasteiger partial charge in [-0.3, -0.25) is 0 Å². The highest BCUT2D eigenvalue weighted by atomic mass is 16.5.